The Bertz CT molecular complexity index is 536. The minimum absolute atomic E-state index is 0.0302. The molecule has 0 saturated heterocycles. The van der Waals surface area contributed by atoms with Crippen molar-refractivity contribution in [2.75, 3.05) is 0 Å². The van der Waals surface area contributed by atoms with E-state index in [0.717, 1.165) is 23.3 Å². The molecule has 2 rings (SSSR count). The summed E-state index contributed by atoms with van der Waals surface area (Å²) in [6.45, 7) is 9.85. The summed E-state index contributed by atoms with van der Waals surface area (Å²) in [4.78, 5) is 12.1. The maximum Gasteiger partial charge on any atom is 0.223 e. The quantitative estimate of drug-likeness (QED) is 0.899. The van der Waals surface area contributed by atoms with Gasteiger partial charge in [-0.15, -0.1) is 0 Å². The third kappa shape index (κ3) is 3.56. The molecule has 3 N–H and O–H groups in total. The molecule has 4 heteroatoms. The summed E-state index contributed by atoms with van der Waals surface area (Å²) in [5.41, 5.74) is 7.76. The Hall–Kier alpha value is -1.55. The van der Waals surface area contributed by atoms with Crippen LogP contribution in [0.4, 0.5) is 0 Å². The van der Waals surface area contributed by atoms with Gasteiger partial charge in [0.2, 0.25) is 5.91 Å². The van der Waals surface area contributed by atoms with Crippen LogP contribution in [0.25, 0.3) is 0 Å². The van der Waals surface area contributed by atoms with E-state index in [9.17, 15) is 4.79 Å². The van der Waals surface area contributed by atoms with Crippen molar-refractivity contribution in [3.8, 4) is 5.75 Å². The van der Waals surface area contributed by atoms with Crippen LogP contribution in [0.1, 0.15) is 64.3 Å². The number of benzene rings is 1. The normalized spacial score (nSPS) is 21.4. The third-order valence-corrected chi connectivity index (χ3v) is 3.86. The van der Waals surface area contributed by atoms with Gasteiger partial charge in [0, 0.05) is 23.9 Å². The summed E-state index contributed by atoms with van der Waals surface area (Å²) in [6.07, 6.45) is 0.751. The summed E-state index contributed by atoms with van der Waals surface area (Å²) < 4.78 is 6.03. The molecule has 4 nitrogen and oxygen atoms in total. The molecule has 0 fully saturated rings. The highest BCUT2D eigenvalue weighted by Crippen LogP contribution is 2.40. The monoisotopic (exact) mass is 290 g/mol. The maximum absolute atomic E-state index is 12.1. The van der Waals surface area contributed by atoms with Gasteiger partial charge in [0.05, 0.1) is 6.04 Å². The van der Waals surface area contributed by atoms with Gasteiger partial charge in [0.15, 0.2) is 0 Å². The number of ether oxygens (including phenoxy) is 1. The molecule has 0 bridgehead atoms. The van der Waals surface area contributed by atoms with Crippen molar-refractivity contribution in [3.05, 3.63) is 29.3 Å². The molecule has 0 radical (unpaired) electrons. The molecule has 1 aliphatic heterocycles. The van der Waals surface area contributed by atoms with Crippen LogP contribution in [0.5, 0.6) is 5.75 Å². The molecule has 1 aromatic carbocycles. The van der Waals surface area contributed by atoms with E-state index in [-0.39, 0.29) is 29.5 Å². The van der Waals surface area contributed by atoms with Crippen LogP contribution in [0.15, 0.2) is 18.2 Å². The molecule has 2 atom stereocenters. The van der Waals surface area contributed by atoms with E-state index in [1.54, 1.807) is 0 Å². The number of carbonyl (C=O) groups excluding carboxylic acids is 1. The van der Waals surface area contributed by atoms with Crippen molar-refractivity contribution >= 4 is 5.91 Å². The SMILES string of the molecule is CC(C)C(=O)NC1CC(C)(C)Oc2ccc(C(C)N)cc21. The standard InChI is InChI=1S/C17H26N2O2/c1-10(2)16(20)19-14-9-17(4,5)21-15-7-6-12(11(3)18)8-13(14)15/h6-8,10-11,14H,9,18H2,1-5H3,(H,19,20). The lowest BCUT2D eigenvalue weighted by Gasteiger charge is -2.38. The molecule has 1 heterocycles. The largest absolute Gasteiger partial charge is 0.487 e. The van der Waals surface area contributed by atoms with Gasteiger partial charge in [-0.05, 0) is 38.5 Å². The predicted molar refractivity (Wildman–Crippen MR) is 84.1 cm³/mol. The second-order valence-corrected chi connectivity index (χ2v) is 6.87. The van der Waals surface area contributed by atoms with Crippen molar-refractivity contribution < 1.29 is 9.53 Å². The zero-order chi connectivity index (χ0) is 15.8. The first-order valence-electron chi connectivity index (χ1n) is 7.58. The van der Waals surface area contributed by atoms with E-state index in [2.05, 4.69) is 11.4 Å². The van der Waals surface area contributed by atoms with E-state index >= 15 is 0 Å². The summed E-state index contributed by atoms with van der Waals surface area (Å²) in [5, 5.41) is 3.14. The van der Waals surface area contributed by atoms with E-state index in [4.69, 9.17) is 10.5 Å². The van der Waals surface area contributed by atoms with Crippen molar-refractivity contribution in [1.29, 1.82) is 0 Å². The smallest absolute Gasteiger partial charge is 0.223 e. The van der Waals surface area contributed by atoms with Gasteiger partial charge >= 0.3 is 0 Å². The summed E-state index contributed by atoms with van der Waals surface area (Å²) in [6, 6.07) is 5.94. The number of rotatable bonds is 3. The van der Waals surface area contributed by atoms with Crippen LogP contribution in [0.3, 0.4) is 0 Å². The summed E-state index contributed by atoms with van der Waals surface area (Å²) >= 11 is 0. The summed E-state index contributed by atoms with van der Waals surface area (Å²) in [7, 11) is 0. The van der Waals surface area contributed by atoms with Crippen molar-refractivity contribution in [1.82, 2.24) is 5.32 Å². The third-order valence-electron chi connectivity index (χ3n) is 3.86. The molecule has 0 aliphatic carbocycles. The molecule has 116 valence electrons. The second kappa shape index (κ2) is 5.68. The fourth-order valence-electron chi connectivity index (χ4n) is 2.62. The fourth-order valence-corrected chi connectivity index (χ4v) is 2.62. The lowest BCUT2D eigenvalue weighted by atomic mass is 9.88. The first-order chi connectivity index (χ1) is 9.69. The van der Waals surface area contributed by atoms with Gasteiger partial charge in [0.25, 0.3) is 0 Å². The van der Waals surface area contributed by atoms with Gasteiger partial charge in [-0.25, -0.2) is 0 Å². The predicted octanol–water partition coefficient (Wildman–Crippen LogP) is 3.08. The highest BCUT2D eigenvalue weighted by molar-refractivity contribution is 5.78. The first kappa shape index (κ1) is 15.8. The number of nitrogens with one attached hydrogen (secondary N) is 1. The Kier molecular flexibility index (Phi) is 4.28. The molecular weight excluding hydrogens is 264 g/mol. The van der Waals surface area contributed by atoms with Crippen LogP contribution in [0.2, 0.25) is 0 Å². The van der Waals surface area contributed by atoms with Gasteiger partial charge in [-0.2, -0.15) is 0 Å². The highest BCUT2D eigenvalue weighted by atomic mass is 16.5. The Morgan fingerprint density at radius 1 is 1.38 bits per heavy atom. The van der Waals surface area contributed by atoms with E-state index < -0.39 is 0 Å². The molecule has 0 spiro atoms. The Balaban J connectivity index is 2.37. The van der Waals surface area contributed by atoms with E-state index in [1.807, 2.05) is 46.8 Å². The zero-order valence-corrected chi connectivity index (χ0v) is 13.6. The second-order valence-electron chi connectivity index (χ2n) is 6.87. The molecule has 0 aromatic heterocycles. The maximum atomic E-state index is 12.1. The average molecular weight is 290 g/mol. The lowest BCUT2D eigenvalue weighted by molar-refractivity contribution is -0.125. The average Bonchev–Trinajstić information content (AvgIpc) is 2.36. The van der Waals surface area contributed by atoms with E-state index in [1.165, 1.54) is 0 Å². The molecule has 21 heavy (non-hydrogen) atoms. The molecule has 0 saturated carbocycles. The van der Waals surface area contributed by atoms with Gasteiger partial charge in [0.1, 0.15) is 11.4 Å². The first-order valence-corrected chi connectivity index (χ1v) is 7.58. The van der Waals surface area contributed by atoms with Crippen LogP contribution >= 0.6 is 0 Å². The number of nitrogens with two attached hydrogens (primary N) is 1. The Morgan fingerprint density at radius 2 is 2.05 bits per heavy atom. The van der Waals surface area contributed by atoms with Crippen LogP contribution < -0.4 is 15.8 Å². The number of amides is 1. The Labute approximate surface area is 127 Å². The molecule has 1 aliphatic rings. The number of hydrogen-bond acceptors (Lipinski definition) is 3. The van der Waals surface area contributed by atoms with Gasteiger partial charge in [-0.3, -0.25) is 4.79 Å². The van der Waals surface area contributed by atoms with Crippen molar-refractivity contribution in [2.24, 2.45) is 11.7 Å². The van der Waals surface area contributed by atoms with Crippen molar-refractivity contribution in [3.63, 3.8) is 0 Å². The molecular formula is C17H26N2O2. The molecule has 1 aromatic rings. The number of carbonyl (C=O) groups is 1. The van der Waals surface area contributed by atoms with Crippen LogP contribution in [0, 0.1) is 5.92 Å². The zero-order valence-electron chi connectivity index (χ0n) is 13.6. The topological polar surface area (TPSA) is 64.3 Å². The molecule has 1 amide bonds. The number of hydrogen-bond donors (Lipinski definition) is 2. The van der Waals surface area contributed by atoms with Crippen molar-refractivity contribution in [2.45, 2.75) is 58.7 Å². The molecule has 2 unspecified atom stereocenters. The van der Waals surface area contributed by atoms with Gasteiger partial charge < -0.3 is 15.8 Å². The summed E-state index contributed by atoms with van der Waals surface area (Å²) in [5.74, 6) is 0.871. The Morgan fingerprint density at radius 3 is 2.62 bits per heavy atom. The van der Waals surface area contributed by atoms with Gasteiger partial charge in [-0.1, -0.05) is 19.9 Å². The minimum atomic E-state index is -0.294. The lowest BCUT2D eigenvalue weighted by Crippen LogP contribution is -2.42. The van der Waals surface area contributed by atoms with Crippen LogP contribution in [-0.2, 0) is 4.79 Å². The van der Waals surface area contributed by atoms with Crippen LogP contribution in [-0.4, -0.2) is 11.5 Å². The van der Waals surface area contributed by atoms with E-state index in [0.29, 0.717) is 0 Å². The minimum Gasteiger partial charge on any atom is -0.487 e. The number of fused-ring (bicyclic) bond motifs is 1. The fraction of sp³-hybridized carbons (Fsp3) is 0.588. The highest BCUT2D eigenvalue weighted by Gasteiger charge is 2.35.